The van der Waals surface area contributed by atoms with Gasteiger partial charge in [0.15, 0.2) is 5.43 Å². The van der Waals surface area contributed by atoms with Crippen molar-refractivity contribution in [3.8, 4) is 22.8 Å². The molecule has 32 heavy (non-hydrogen) atoms. The lowest BCUT2D eigenvalue weighted by Gasteiger charge is -2.34. The van der Waals surface area contributed by atoms with Gasteiger partial charge in [0, 0.05) is 35.7 Å². The van der Waals surface area contributed by atoms with Crippen LogP contribution in [0.3, 0.4) is 0 Å². The smallest absolute Gasteiger partial charge is 0.507 e. The van der Waals surface area contributed by atoms with Gasteiger partial charge in [0.05, 0.1) is 13.9 Å². The van der Waals surface area contributed by atoms with Gasteiger partial charge in [-0.05, 0) is 32.1 Å². The number of phenols is 1. The third-order valence-corrected chi connectivity index (χ3v) is 6.08. The maximum Gasteiger partial charge on any atom is 0.524 e. The summed E-state index contributed by atoms with van der Waals surface area (Å²) >= 11 is 6.24. The number of likely N-dealkylation sites (N-methyl/N-ethyl adjacent to an activating group) is 1. The predicted molar refractivity (Wildman–Crippen MR) is 118 cm³/mol. The Morgan fingerprint density at radius 1 is 1.31 bits per heavy atom. The van der Waals surface area contributed by atoms with Gasteiger partial charge in [0.2, 0.25) is 0 Å². The Hall–Kier alpha value is -2.39. The minimum absolute atomic E-state index is 0.0796. The third kappa shape index (κ3) is 4.41. The summed E-state index contributed by atoms with van der Waals surface area (Å²) < 4.78 is 38.7. The summed E-state index contributed by atoms with van der Waals surface area (Å²) in [5.74, 6) is -2.69. The molecule has 0 amide bonds. The predicted octanol–water partition coefficient (Wildman–Crippen LogP) is 3.07. The van der Waals surface area contributed by atoms with Crippen molar-refractivity contribution in [1.29, 1.82) is 0 Å². The van der Waals surface area contributed by atoms with Crippen LogP contribution in [0.25, 0.3) is 22.3 Å². The highest BCUT2D eigenvalue weighted by atomic mass is 35.5. The van der Waals surface area contributed by atoms with Crippen molar-refractivity contribution >= 4 is 30.4 Å². The van der Waals surface area contributed by atoms with Gasteiger partial charge in [-0.25, -0.2) is 4.57 Å². The second-order valence-electron chi connectivity index (χ2n) is 7.59. The number of phosphoric ester groups is 1. The lowest BCUT2D eigenvalue weighted by atomic mass is 9.85. The summed E-state index contributed by atoms with van der Waals surface area (Å²) in [7, 11) is -3.47. The fourth-order valence-corrected chi connectivity index (χ4v) is 4.51. The maximum atomic E-state index is 13.3. The van der Waals surface area contributed by atoms with Gasteiger partial charge in [0.25, 0.3) is 0 Å². The molecule has 170 valence electrons. The summed E-state index contributed by atoms with van der Waals surface area (Å²) in [4.78, 5) is 33.9. The van der Waals surface area contributed by atoms with E-state index in [2.05, 4.69) is 4.52 Å². The second-order valence-corrected chi connectivity index (χ2v) is 9.16. The number of piperidine rings is 1. The standard InChI is InChI=1S/C21H21ClNO8P/c1-23-7-6-12(16(26)10-23)19-14(24)9-18(31-32(27,28)29)20-15(25)8-17(30-21(19)20)11-4-2-3-5-13(11)22/h2-5,8-9,12,16,24,26H,6-7,10H2,1H3,(H2,27,28,29)/t12-,16+/m0/s1/i8D,9D. The number of aliphatic hydroxyl groups is 1. The van der Waals surface area contributed by atoms with Crippen molar-refractivity contribution in [1.82, 2.24) is 4.90 Å². The highest BCUT2D eigenvalue weighted by molar-refractivity contribution is 7.46. The highest BCUT2D eigenvalue weighted by Crippen LogP contribution is 2.47. The molecule has 0 unspecified atom stereocenters. The summed E-state index contributed by atoms with van der Waals surface area (Å²) in [6.45, 7) is 0.757. The first kappa shape index (κ1) is 20.2. The zero-order valence-corrected chi connectivity index (χ0v) is 18.4. The van der Waals surface area contributed by atoms with Gasteiger partial charge >= 0.3 is 7.82 Å². The van der Waals surface area contributed by atoms with Crippen LogP contribution in [0.2, 0.25) is 5.02 Å². The topological polar surface area (TPSA) is 141 Å². The Labute approximate surface area is 190 Å². The van der Waals surface area contributed by atoms with Gasteiger partial charge in [-0.2, -0.15) is 0 Å². The number of aromatic hydroxyl groups is 1. The molecule has 4 N–H and O–H groups in total. The van der Waals surface area contributed by atoms with Crippen LogP contribution in [0.5, 0.6) is 11.5 Å². The zero-order valence-electron chi connectivity index (χ0n) is 18.8. The van der Waals surface area contributed by atoms with Crippen LogP contribution >= 0.6 is 19.4 Å². The number of likely N-dealkylation sites (tertiary alicyclic amines) is 1. The Kier molecular flexibility index (Phi) is 5.38. The SMILES string of the molecule is [2H]c1c(O)c([C@H]2CCN(C)C[C@H]2O)c2oc(-c3ccccc3Cl)c([2H])c(=O)c2c1OP(=O)(O)O. The molecule has 2 atom stereocenters. The summed E-state index contributed by atoms with van der Waals surface area (Å²) in [6, 6.07) is 4.73. The Morgan fingerprint density at radius 3 is 2.69 bits per heavy atom. The first-order chi connectivity index (χ1) is 15.9. The molecule has 0 aliphatic carbocycles. The molecule has 9 nitrogen and oxygen atoms in total. The van der Waals surface area contributed by atoms with E-state index in [0.717, 1.165) is 0 Å². The van der Waals surface area contributed by atoms with Gasteiger partial charge in [0.1, 0.15) is 28.2 Å². The number of rotatable bonds is 4. The van der Waals surface area contributed by atoms with Gasteiger partial charge in [-0.1, -0.05) is 23.7 Å². The number of halogens is 1. The molecule has 4 rings (SSSR count). The number of benzene rings is 2. The normalized spacial score (nSPS) is 20.8. The molecule has 1 saturated heterocycles. The number of phenolic OH excluding ortho intramolecular Hbond substituents is 1. The first-order valence-corrected chi connectivity index (χ1v) is 11.5. The minimum atomic E-state index is -5.27. The van der Waals surface area contributed by atoms with Crippen molar-refractivity contribution in [3.05, 3.63) is 57.2 Å². The van der Waals surface area contributed by atoms with Crippen LogP contribution in [-0.2, 0) is 4.57 Å². The van der Waals surface area contributed by atoms with E-state index in [1.165, 1.54) is 12.1 Å². The van der Waals surface area contributed by atoms with Crippen LogP contribution in [0.4, 0.5) is 0 Å². The van der Waals surface area contributed by atoms with E-state index in [9.17, 15) is 29.4 Å². The number of nitrogens with zero attached hydrogens (tertiary/aromatic N) is 1. The summed E-state index contributed by atoms with van der Waals surface area (Å²) in [5.41, 5.74) is -1.27. The van der Waals surface area contributed by atoms with Crippen molar-refractivity contribution in [2.45, 2.75) is 18.4 Å². The number of hydrogen-bond acceptors (Lipinski definition) is 7. The number of fused-ring (bicyclic) bond motifs is 1. The Balaban J connectivity index is 2.14. The molecule has 0 spiro atoms. The van der Waals surface area contributed by atoms with E-state index < -0.39 is 54.2 Å². The quantitative estimate of drug-likeness (QED) is 0.412. The third-order valence-electron chi connectivity index (χ3n) is 5.33. The number of phosphoric acid groups is 1. The molecular formula is C21H21ClNO8P. The average Bonchev–Trinajstić information content (AvgIpc) is 2.75. The fourth-order valence-electron chi connectivity index (χ4n) is 3.91. The Morgan fingerprint density at radius 2 is 2.03 bits per heavy atom. The molecule has 1 aliphatic rings. The highest BCUT2D eigenvalue weighted by Gasteiger charge is 2.34. The van der Waals surface area contributed by atoms with E-state index in [1.54, 1.807) is 19.2 Å². The Bertz CT molecular complexity index is 1390. The first-order valence-electron chi connectivity index (χ1n) is 10.6. The van der Waals surface area contributed by atoms with E-state index >= 15 is 0 Å². The van der Waals surface area contributed by atoms with Crippen LogP contribution in [-0.4, -0.2) is 51.1 Å². The molecular weight excluding hydrogens is 461 g/mol. The van der Waals surface area contributed by atoms with E-state index in [1.807, 2.05) is 4.90 Å². The molecule has 0 radical (unpaired) electrons. The maximum absolute atomic E-state index is 13.3. The second kappa shape index (κ2) is 8.51. The molecule has 11 heteroatoms. The van der Waals surface area contributed by atoms with E-state index in [-0.39, 0.29) is 34.0 Å². The van der Waals surface area contributed by atoms with Crippen LogP contribution in [0.1, 0.15) is 20.6 Å². The van der Waals surface area contributed by atoms with Crippen molar-refractivity contribution in [2.24, 2.45) is 0 Å². The van der Waals surface area contributed by atoms with E-state index in [4.69, 9.17) is 18.8 Å². The largest absolute Gasteiger partial charge is 0.524 e. The summed E-state index contributed by atoms with van der Waals surface area (Å²) in [5, 5.41) is 21.2. The summed E-state index contributed by atoms with van der Waals surface area (Å²) in [6.07, 6.45) is -0.683. The molecule has 1 fully saturated rings. The molecule has 3 aromatic rings. The van der Waals surface area contributed by atoms with E-state index in [0.29, 0.717) is 13.0 Å². The molecule has 1 aliphatic heterocycles. The van der Waals surface area contributed by atoms with Gasteiger partial charge < -0.3 is 24.1 Å². The molecule has 0 saturated carbocycles. The molecule has 2 heterocycles. The molecule has 1 aromatic heterocycles. The zero-order chi connectivity index (χ0) is 24.9. The number of hydrogen-bond donors (Lipinski definition) is 4. The van der Waals surface area contributed by atoms with Crippen molar-refractivity contribution < 1.29 is 36.2 Å². The average molecular weight is 484 g/mol. The fraction of sp³-hybridized carbons (Fsp3) is 0.286. The monoisotopic (exact) mass is 483 g/mol. The van der Waals surface area contributed by atoms with Crippen molar-refractivity contribution in [3.63, 3.8) is 0 Å². The lowest BCUT2D eigenvalue weighted by Crippen LogP contribution is -2.40. The van der Waals surface area contributed by atoms with Crippen LogP contribution in [0, 0.1) is 0 Å². The lowest BCUT2D eigenvalue weighted by molar-refractivity contribution is 0.0630. The van der Waals surface area contributed by atoms with Gasteiger partial charge in [-0.3, -0.25) is 14.6 Å². The van der Waals surface area contributed by atoms with Crippen molar-refractivity contribution in [2.75, 3.05) is 20.1 Å². The number of aliphatic hydroxyl groups excluding tert-OH is 1. The minimum Gasteiger partial charge on any atom is -0.507 e. The van der Waals surface area contributed by atoms with Crippen LogP contribution in [0.15, 0.2) is 45.6 Å². The van der Waals surface area contributed by atoms with Crippen LogP contribution < -0.4 is 9.95 Å². The molecule has 0 bridgehead atoms. The number of β-amino-alcohol motifs (C(OH)–C–C–N with tert-alkyl or cyclic N) is 1. The molecule has 2 aromatic carbocycles. The van der Waals surface area contributed by atoms with Gasteiger partial charge in [-0.15, -0.1) is 0 Å².